The van der Waals surface area contributed by atoms with Crippen LogP contribution in [0.4, 0.5) is 0 Å². The van der Waals surface area contributed by atoms with Crippen molar-refractivity contribution >= 4 is 15.6 Å². The standard InChI is InChI=1S/C21H29NO4S/c1-20(2,3)19-15-17(22-26-19)14-18(23)21(4,5)27(24,25)13-9-12-16-10-7-6-8-11-16/h6-8,10-11,15H,9,12-14H2,1-5H3. The summed E-state index contributed by atoms with van der Waals surface area (Å²) in [6.45, 7) is 8.93. The molecule has 148 valence electrons. The first kappa shape index (κ1) is 21.4. The highest BCUT2D eigenvalue weighted by atomic mass is 32.2. The largest absolute Gasteiger partial charge is 0.361 e. The van der Waals surface area contributed by atoms with Gasteiger partial charge in [0.25, 0.3) is 0 Å². The molecule has 0 spiro atoms. The number of hydrogen-bond acceptors (Lipinski definition) is 5. The first-order valence-corrected chi connectivity index (χ1v) is 10.8. The Morgan fingerprint density at radius 1 is 1.07 bits per heavy atom. The van der Waals surface area contributed by atoms with Gasteiger partial charge in [-0.1, -0.05) is 56.3 Å². The Kier molecular flexibility index (Phi) is 6.30. The van der Waals surface area contributed by atoms with Crippen molar-refractivity contribution in [3.63, 3.8) is 0 Å². The first-order chi connectivity index (χ1) is 12.4. The highest BCUT2D eigenvalue weighted by Gasteiger charge is 2.41. The van der Waals surface area contributed by atoms with Crippen LogP contribution in [0.15, 0.2) is 40.9 Å². The Bertz CT molecular complexity index is 874. The van der Waals surface area contributed by atoms with Crippen LogP contribution in [-0.2, 0) is 32.9 Å². The fourth-order valence-corrected chi connectivity index (χ4v) is 4.12. The van der Waals surface area contributed by atoms with E-state index >= 15 is 0 Å². The fourth-order valence-electron chi connectivity index (χ4n) is 2.67. The SMILES string of the molecule is CC(C)(C)c1cc(CC(=O)C(C)(C)S(=O)(=O)CCCc2ccccc2)no1. The number of carbonyl (C=O) groups is 1. The van der Waals surface area contributed by atoms with Crippen LogP contribution in [0.3, 0.4) is 0 Å². The molecule has 0 aliphatic carbocycles. The van der Waals surface area contributed by atoms with E-state index in [1.165, 1.54) is 13.8 Å². The van der Waals surface area contributed by atoms with Crippen LogP contribution in [0.1, 0.15) is 58.1 Å². The number of benzene rings is 1. The number of aryl methyl sites for hydroxylation is 1. The predicted octanol–water partition coefficient (Wildman–Crippen LogP) is 3.91. The lowest BCUT2D eigenvalue weighted by Gasteiger charge is -2.23. The molecule has 0 saturated carbocycles. The smallest absolute Gasteiger partial charge is 0.162 e. The number of hydrogen-bond donors (Lipinski definition) is 0. The summed E-state index contributed by atoms with van der Waals surface area (Å²) in [6.07, 6.45) is 1.11. The predicted molar refractivity (Wildman–Crippen MR) is 107 cm³/mol. The molecular formula is C21H29NO4S. The molecule has 0 saturated heterocycles. The molecule has 0 radical (unpaired) electrons. The summed E-state index contributed by atoms with van der Waals surface area (Å²) >= 11 is 0. The Morgan fingerprint density at radius 3 is 2.26 bits per heavy atom. The van der Waals surface area contributed by atoms with Crippen molar-refractivity contribution in [2.24, 2.45) is 0 Å². The lowest BCUT2D eigenvalue weighted by Crippen LogP contribution is -2.43. The molecular weight excluding hydrogens is 362 g/mol. The monoisotopic (exact) mass is 391 g/mol. The molecule has 2 aromatic rings. The number of rotatable bonds is 8. The van der Waals surface area contributed by atoms with Crippen molar-refractivity contribution in [2.45, 2.75) is 64.0 Å². The van der Waals surface area contributed by atoms with Crippen LogP contribution in [0.25, 0.3) is 0 Å². The van der Waals surface area contributed by atoms with Crippen LogP contribution >= 0.6 is 0 Å². The van der Waals surface area contributed by atoms with Crippen LogP contribution in [-0.4, -0.2) is 29.9 Å². The summed E-state index contributed by atoms with van der Waals surface area (Å²) in [5, 5.41) is 3.93. The molecule has 0 unspecified atom stereocenters. The Morgan fingerprint density at radius 2 is 1.70 bits per heavy atom. The third-order valence-electron chi connectivity index (χ3n) is 4.81. The van der Waals surface area contributed by atoms with Gasteiger partial charge in [0.15, 0.2) is 15.6 Å². The van der Waals surface area contributed by atoms with Crippen LogP contribution < -0.4 is 0 Å². The maximum atomic E-state index is 12.8. The molecule has 1 aromatic carbocycles. The molecule has 0 aliphatic rings. The van der Waals surface area contributed by atoms with E-state index in [1.807, 2.05) is 51.1 Å². The normalized spacial score (nSPS) is 12.9. The molecule has 0 fully saturated rings. The summed E-state index contributed by atoms with van der Waals surface area (Å²) in [4.78, 5) is 12.7. The van der Waals surface area contributed by atoms with Gasteiger partial charge in [-0.2, -0.15) is 0 Å². The summed E-state index contributed by atoms with van der Waals surface area (Å²) in [5.41, 5.74) is 1.35. The van der Waals surface area contributed by atoms with Crippen molar-refractivity contribution in [1.82, 2.24) is 5.16 Å². The minimum absolute atomic E-state index is 0.0211. The zero-order chi connectivity index (χ0) is 20.3. The second-order valence-corrected chi connectivity index (χ2v) is 11.1. The van der Waals surface area contributed by atoms with E-state index in [9.17, 15) is 13.2 Å². The molecule has 2 rings (SSSR count). The maximum Gasteiger partial charge on any atom is 0.162 e. The average molecular weight is 392 g/mol. The highest BCUT2D eigenvalue weighted by molar-refractivity contribution is 7.93. The molecule has 0 bridgehead atoms. The van der Waals surface area contributed by atoms with Gasteiger partial charge in [-0.3, -0.25) is 4.79 Å². The average Bonchev–Trinajstić information content (AvgIpc) is 3.04. The number of ketones is 1. The van der Waals surface area contributed by atoms with Crippen molar-refractivity contribution in [3.8, 4) is 0 Å². The van der Waals surface area contributed by atoms with E-state index in [0.29, 0.717) is 24.3 Å². The number of sulfone groups is 1. The van der Waals surface area contributed by atoms with Gasteiger partial charge in [-0.25, -0.2) is 8.42 Å². The second-order valence-electron chi connectivity index (χ2n) is 8.45. The van der Waals surface area contributed by atoms with Gasteiger partial charge in [0.1, 0.15) is 10.5 Å². The first-order valence-electron chi connectivity index (χ1n) is 9.19. The van der Waals surface area contributed by atoms with Gasteiger partial charge in [0, 0.05) is 11.5 Å². The summed E-state index contributed by atoms with van der Waals surface area (Å²) in [5.74, 6) is 0.289. The van der Waals surface area contributed by atoms with Gasteiger partial charge < -0.3 is 4.52 Å². The lowest BCUT2D eigenvalue weighted by atomic mass is 9.92. The van der Waals surface area contributed by atoms with Crippen molar-refractivity contribution in [1.29, 1.82) is 0 Å². The van der Waals surface area contributed by atoms with Crippen LogP contribution in [0.2, 0.25) is 0 Å². The van der Waals surface area contributed by atoms with E-state index < -0.39 is 14.6 Å². The summed E-state index contributed by atoms with van der Waals surface area (Å²) < 4.78 is 29.4. The van der Waals surface area contributed by atoms with E-state index in [-0.39, 0.29) is 23.4 Å². The highest BCUT2D eigenvalue weighted by Crippen LogP contribution is 2.25. The van der Waals surface area contributed by atoms with Crippen LogP contribution in [0.5, 0.6) is 0 Å². The Hall–Kier alpha value is -1.95. The summed E-state index contributed by atoms with van der Waals surface area (Å²) in [6, 6.07) is 11.5. The van der Waals surface area contributed by atoms with Crippen molar-refractivity contribution < 1.29 is 17.7 Å². The number of carbonyl (C=O) groups excluding carboxylic acids is 1. The topological polar surface area (TPSA) is 77.2 Å². The van der Waals surface area contributed by atoms with Crippen molar-refractivity contribution in [3.05, 3.63) is 53.4 Å². The summed E-state index contributed by atoms with van der Waals surface area (Å²) in [7, 11) is -3.58. The minimum Gasteiger partial charge on any atom is -0.361 e. The molecule has 0 aliphatic heterocycles. The van der Waals surface area contributed by atoms with Gasteiger partial charge in [0.2, 0.25) is 0 Å². The van der Waals surface area contributed by atoms with Gasteiger partial charge >= 0.3 is 0 Å². The molecule has 0 amide bonds. The van der Waals surface area contributed by atoms with Gasteiger partial charge in [-0.05, 0) is 32.3 Å². The third kappa shape index (κ3) is 5.28. The zero-order valence-corrected chi connectivity index (χ0v) is 17.6. The molecule has 6 heteroatoms. The Balaban J connectivity index is 2.01. The quantitative estimate of drug-likeness (QED) is 0.682. The lowest BCUT2D eigenvalue weighted by molar-refractivity contribution is -0.120. The molecule has 0 N–H and O–H groups in total. The molecule has 1 heterocycles. The zero-order valence-electron chi connectivity index (χ0n) is 16.8. The van der Waals surface area contributed by atoms with E-state index in [1.54, 1.807) is 6.07 Å². The third-order valence-corrected chi connectivity index (χ3v) is 7.42. The maximum absolute atomic E-state index is 12.8. The molecule has 5 nitrogen and oxygen atoms in total. The molecule has 0 atom stereocenters. The van der Waals surface area contributed by atoms with Crippen molar-refractivity contribution in [2.75, 3.05) is 5.75 Å². The second kappa shape index (κ2) is 7.97. The van der Waals surface area contributed by atoms with Gasteiger partial charge in [-0.15, -0.1) is 0 Å². The number of aromatic nitrogens is 1. The van der Waals surface area contributed by atoms with E-state index in [4.69, 9.17) is 4.52 Å². The van der Waals surface area contributed by atoms with Crippen LogP contribution in [0, 0.1) is 0 Å². The van der Waals surface area contributed by atoms with Gasteiger partial charge in [0.05, 0.1) is 17.9 Å². The molecule has 27 heavy (non-hydrogen) atoms. The number of Topliss-reactive ketones (excluding diaryl/α,β-unsaturated/α-hetero) is 1. The Labute approximate surface area is 162 Å². The molecule has 1 aromatic heterocycles. The fraction of sp³-hybridized carbons (Fsp3) is 0.524. The minimum atomic E-state index is -3.58. The van der Waals surface area contributed by atoms with E-state index in [0.717, 1.165) is 5.56 Å². The van der Waals surface area contributed by atoms with E-state index in [2.05, 4.69) is 5.16 Å². The number of nitrogens with zero attached hydrogens (tertiary/aromatic N) is 1.